The molecular formula is C13H19BrN2O3. The molecule has 0 aromatic heterocycles. The van der Waals surface area contributed by atoms with Crippen LogP contribution in [0.5, 0.6) is 5.75 Å². The highest BCUT2D eigenvalue weighted by Gasteiger charge is 2.09. The van der Waals surface area contributed by atoms with Crippen molar-refractivity contribution >= 4 is 22.0 Å². The van der Waals surface area contributed by atoms with Crippen molar-refractivity contribution in [1.29, 1.82) is 0 Å². The molecule has 5 nitrogen and oxygen atoms in total. The zero-order chi connectivity index (χ0) is 14.3. The predicted octanol–water partition coefficient (Wildman–Crippen LogP) is 1.85. The highest BCUT2D eigenvalue weighted by Crippen LogP contribution is 2.17. The van der Waals surface area contributed by atoms with E-state index >= 15 is 0 Å². The van der Waals surface area contributed by atoms with Crippen LogP contribution in [0.1, 0.15) is 6.92 Å². The van der Waals surface area contributed by atoms with Crippen LogP contribution in [0.2, 0.25) is 0 Å². The first-order valence-corrected chi connectivity index (χ1v) is 6.83. The van der Waals surface area contributed by atoms with Crippen LogP contribution in [0.3, 0.4) is 0 Å². The van der Waals surface area contributed by atoms with Crippen molar-refractivity contribution < 1.29 is 14.6 Å². The van der Waals surface area contributed by atoms with Crippen LogP contribution >= 0.6 is 15.9 Å². The van der Waals surface area contributed by atoms with Crippen LogP contribution in [-0.2, 0) is 0 Å². The van der Waals surface area contributed by atoms with Crippen molar-refractivity contribution in [2.24, 2.45) is 0 Å². The van der Waals surface area contributed by atoms with Crippen molar-refractivity contribution in [1.82, 2.24) is 10.2 Å². The molecule has 0 fully saturated rings. The summed E-state index contributed by atoms with van der Waals surface area (Å²) in [7, 11) is 1.64. The number of rotatable bonds is 6. The van der Waals surface area contributed by atoms with Gasteiger partial charge >= 0.3 is 6.03 Å². The number of nitrogens with zero attached hydrogens (tertiary/aromatic N) is 1. The van der Waals surface area contributed by atoms with Crippen LogP contribution in [0, 0.1) is 0 Å². The number of hydrogen-bond donors (Lipinski definition) is 2. The zero-order valence-corrected chi connectivity index (χ0v) is 12.7. The summed E-state index contributed by atoms with van der Waals surface area (Å²) in [6.45, 7) is 2.75. The molecule has 2 N–H and O–H groups in total. The predicted molar refractivity (Wildman–Crippen MR) is 77.3 cm³/mol. The minimum Gasteiger partial charge on any atom is -0.492 e. The minimum atomic E-state index is -0.534. The van der Waals surface area contributed by atoms with E-state index in [0.29, 0.717) is 19.7 Å². The number of benzene rings is 1. The summed E-state index contributed by atoms with van der Waals surface area (Å²) in [5, 5.41) is 11.9. The van der Waals surface area contributed by atoms with Crippen molar-refractivity contribution in [3.05, 3.63) is 28.7 Å². The van der Waals surface area contributed by atoms with Gasteiger partial charge in [0.2, 0.25) is 0 Å². The molecule has 6 heteroatoms. The van der Waals surface area contributed by atoms with Crippen LogP contribution < -0.4 is 10.1 Å². The maximum atomic E-state index is 11.6. The number of nitrogens with one attached hydrogen (secondary N) is 1. The molecule has 0 saturated heterocycles. The molecule has 106 valence electrons. The van der Waals surface area contributed by atoms with Gasteiger partial charge < -0.3 is 20.1 Å². The Morgan fingerprint density at radius 2 is 2.32 bits per heavy atom. The second kappa shape index (κ2) is 8.01. The number of hydrogen-bond acceptors (Lipinski definition) is 3. The zero-order valence-electron chi connectivity index (χ0n) is 11.1. The van der Waals surface area contributed by atoms with E-state index in [2.05, 4.69) is 21.2 Å². The normalized spacial score (nSPS) is 11.8. The molecule has 0 aliphatic heterocycles. The Morgan fingerprint density at radius 3 is 2.95 bits per heavy atom. The molecule has 1 atom stereocenters. The molecule has 0 heterocycles. The number of urea groups is 1. The Labute approximate surface area is 121 Å². The van der Waals surface area contributed by atoms with E-state index in [-0.39, 0.29) is 6.03 Å². The molecule has 0 spiro atoms. The molecular weight excluding hydrogens is 312 g/mol. The van der Waals surface area contributed by atoms with Gasteiger partial charge in [0, 0.05) is 18.1 Å². The summed E-state index contributed by atoms with van der Waals surface area (Å²) in [5.41, 5.74) is 0. The monoisotopic (exact) mass is 330 g/mol. The number of carbonyl (C=O) groups excluding carboxylic acids is 1. The quantitative estimate of drug-likeness (QED) is 0.782. The molecule has 1 rings (SSSR count). The van der Waals surface area contributed by atoms with E-state index in [1.807, 2.05) is 24.3 Å². The Morgan fingerprint density at radius 1 is 1.58 bits per heavy atom. The third kappa shape index (κ3) is 6.45. The van der Waals surface area contributed by atoms with Crippen molar-refractivity contribution in [2.45, 2.75) is 13.0 Å². The number of ether oxygens (including phenoxy) is 1. The van der Waals surface area contributed by atoms with Gasteiger partial charge in [0.25, 0.3) is 0 Å². The molecule has 0 aliphatic rings. The number of aliphatic hydroxyl groups excluding tert-OH is 1. The Hall–Kier alpha value is -1.27. The lowest BCUT2D eigenvalue weighted by atomic mass is 10.3. The fraction of sp³-hybridized carbons (Fsp3) is 0.462. The van der Waals surface area contributed by atoms with Crippen LogP contribution in [0.15, 0.2) is 28.7 Å². The maximum Gasteiger partial charge on any atom is 0.317 e. The number of carbonyl (C=O) groups is 1. The average Bonchev–Trinajstić information content (AvgIpc) is 2.33. The van der Waals surface area contributed by atoms with Crippen LogP contribution in [-0.4, -0.2) is 48.9 Å². The molecule has 19 heavy (non-hydrogen) atoms. The van der Waals surface area contributed by atoms with Gasteiger partial charge in [0.1, 0.15) is 12.4 Å². The molecule has 0 radical (unpaired) electrons. The Bertz CT molecular complexity index is 413. The summed E-state index contributed by atoms with van der Waals surface area (Å²) in [6, 6.07) is 7.29. The van der Waals surface area contributed by atoms with E-state index in [0.717, 1.165) is 10.2 Å². The highest BCUT2D eigenvalue weighted by molar-refractivity contribution is 9.10. The fourth-order valence-electron chi connectivity index (χ4n) is 1.50. The average molecular weight is 331 g/mol. The molecule has 2 amide bonds. The van der Waals surface area contributed by atoms with E-state index in [1.165, 1.54) is 4.90 Å². The number of halogens is 1. The summed E-state index contributed by atoms with van der Waals surface area (Å²) in [5.74, 6) is 0.751. The molecule has 0 bridgehead atoms. The van der Waals surface area contributed by atoms with E-state index in [1.54, 1.807) is 14.0 Å². The summed E-state index contributed by atoms with van der Waals surface area (Å²) >= 11 is 3.36. The van der Waals surface area contributed by atoms with Gasteiger partial charge in [-0.3, -0.25) is 0 Å². The van der Waals surface area contributed by atoms with E-state index < -0.39 is 6.10 Å². The van der Waals surface area contributed by atoms with Gasteiger partial charge in [-0.25, -0.2) is 4.79 Å². The molecule has 1 aromatic rings. The van der Waals surface area contributed by atoms with E-state index in [4.69, 9.17) is 9.84 Å². The molecule has 1 aromatic carbocycles. The third-order valence-corrected chi connectivity index (χ3v) is 2.82. The van der Waals surface area contributed by atoms with Crippen LogP contribution in [0.4, 0.5) is 4.79 Å². The summed E-state index contributed by atoms with van der Waals surface area (Å²) in [6.07, 6.45) is -0.534. The molecule has 0 saturated carbocycles. The largest absolute Gasteiger partial charge is 0.492 e. The second-order valence-electron chi connectivity index (χ2n) is 4.27. The first-order chi connectivity index (χ1) is 8.99. The minimum absolute atomic E-state index is 0.223. The standard InChI is InChI=1S/C13H19BrN2O3/c1-10(17)9-16(2)13(18)15-6-7-19-12-5-3-4-11(14)8-12/h3-5,8,10,17H,6-7,9H2,1-2H3,(H,15,18). The number of likely N-dealkylation sites (N-methyl/N-ethyl adjacent to an activating group) is 1. The first kappa shape index (κ1) is 15.8. The maximum absolute atomic E-state index is 11.6. The van der Waals surface area contributed by atoms with Gasteiger partial charge in [-0.05, 0) is 25.1 Å². The summed E-state index contributed by atoms with van der Waals surface area (Å²) in [4.78, 5) is 13.0. The highest BCUT2D eigenvalue weighted by atomic mass is 79.9. The molecule has 0 aliphatic carbocycles. The lowest BCUT2D eigenvalue weighted by Crippen LogP contribution is -2.42. The lowest BCUT2D eigenvalue weighted by Gasteiger charge is -2.19. The number of amides is 2. The number of aliphatic hydroxyl groups is 1. The Balaban J connectivity index is 2.22. The summed E-state index contributed by atoms with van der Waals surface area (Å²) < 4.78 is 6.44. The van der Waals surface area contributed by atoms with Crippen molar-refractivity contribution in [2.75, 3.05) is 26.7 Å². The van der Waals surface area contributed by atoms with Gasteiger partial charge in [-0.15, -0.1) is 0 Å². The van der Waals surface area contributed by atoms with Gasteiger partial charge in [-0.1, -0.05) is 22.0 Å². The lowest BCUT2D eigenvalue weighted by molar-refractivity contribution is 0.143. The van der Waals surface area contributed by atoms with Crippen molar-refractivity contribution in [3.63, 3.8) is 0 Å². The third-order valence-electron chi connectivity index (χ3n) is 2.33. The van der Waals surface area contributed by atoms with Gasteiger partial charge in [0.15, 0.2) is 0 Å². The SMILES string of the molecule is CC(O)CN(C)C(=O)NCCOc1cccc(Br)c1. The Kier molecular flexibility index (Phi) is 6.66. The second-order valence-corrected chi connectivity index (χ2v) is 5.18. The molecule has 1 unspecified atom stereocenters. The van der Waals surface area contributed by atoms with Gasteiger partial charge in [0.05, 0.1) is 12.6 Å². The van der Waals surface area contributed by atoms with Crippen molar-refractivity contribution in [3.8, 4) is 5.75 Å². The first-order valence-electron chi connectivity index (χ1n) is 6.04. The van der Waals surface area contributed by atoms with Gasteiger partial charge in [-0.2, -0.15) is 0 Å². The van der Waals surface area contributed by atoms with E-state index in [9.17, 15) is 4.79 Å². The van der Waals surface area contributed by atoms with Crippen LogP contribution in [0.25, 0.3) is 0 Å². The smallest absolute Gasteiger partial charge is 0.317 e. The fourth-order valence-corrected chi connectivity index (χ4v) is 1.88. The topological polar surface area (TPSA) is 61.8 Å².